The van der Waals surface area contributed by atoms with Crippen molar-refractivity contribution in [3.8, 4) is 56.4 Å². The van der Waals surface area contributed by atoms with Crippen LogP contribution in [0.25, 0.3) is 89.1 Å². The monoisotopic (exact) mass is 641 g/mol. The summed E-state index contributed by atoms with van der Waals surface area (Å²) in [5.41, 5.74) is 11.6. The third kappa shape index (κ3) is 4.35. The molecule has 0 N–H and O–H groups in total. The molecule has 10 rings (SSSR count). The van der Waals surface area contributed by atoms with Gasteiger partial charge in [0.05, 0.1) is 0 Å². The fraction of sp³-hybridized carbons (Fsp3) is 0.0652. The van der Waals surface area contributed by atoms with Crippen molar-refractivity contribution in [1.29, 1.82) is 0 Å². The smallest absolute Gasteiger partial charge is 0.164 e. The highest BCUT2D eigenvalue weighted by Crippen LogP contribution is 2.55. The van der Waals surface area contributed by atoms with E-state index < -0.39 is 0 Å². The summed E-state index contributed by atoms with van der Waals surface area (Å²) in [6, 6.07) is 53.0. The predicted molar refractivity (Wildman–Crippen MR) is 204 cm³/mol. The van der Waals surface area contributed by atoms with Gasteiger partial charge in [0.2, 0.25) is 0 Å². The summed E-state index contributed by atoms with van der Waals surface area (Å²) < 4.78 is 6.38. The van der Waals surface area contributed by atoms with E-state index in [1.165, 1.54) is 33.0 Å². The fourth-order valence-corrected chi connectivity index (χ4v) is 7.79. The maximum Gasteiger partial charge on any atom is 0.164 e. The van der Waals surface area contributed by atoms with E-state index >= 15 is 0 Å². The number of nitrogens with zero attached hydrogens (tertiary/aromatic N) is 3. The van der Waals surface area contributed by atoms with Crippen LogP contribution in [0.4, 0.5) is 0 Å². The molecule has 0 saturated heterocycles. The van der Waals surface area contributed by atoms with Crippen molar-refractivity contribution < 1.29 is 4.42 Å². The Morgan fingerprint density at radius 3 is 1.90 bits per heavy atom. The van der Waals surface area contributed by atoms with Gasteiger partial charge in [-0.25, -0.2) is 15.0 Å². The van der Waals surface area contributed by atoms with Crippen LogP contribution in [0.15, 0.2) is 156 Å². The number of hydrogen-bond donors (Lipinski definition) is 0. The molecular formula is C46H31N3O. The van der Waals surface area contributed by atoms with E-state index in [0.717, 1.165) is 49.8 Å². The molecule has 0 fully saturated rings. The Morgan fingerprint density at radius 1 is 0.440 bits per heavy atom. The SMILES string of the molecule is CC1(C)c2cccc(-c3nc(-c4ccccc4)nc(-c4ccc(-c5ccc6ccccc6c5)cc4)n3)c2-c2c1ccc1oc3ccccc3c21. The Labute approximate surface area is 289 Å². The van der Waals surface area contributed by atoms with Crippen LogP contribution in [-0.4, -0.2) is 15.0 Å². The lowest BCUT2D eigenvalue weighted by atomic mass is 9.82. The molecule has 2 aromatic heterocycles. The number of fused-ring (bicyclic) bond motifs is 8. The molecule has 0 bridgehead atoms. The van der Waals surface area contributed by atoms with Crippen molar-refractivity contribution in [2.24, 2.45) is 0 Å². The Balaban J connectivity index is 1.17. The number of furan rings is 1. The molecule has 236 valence electrons. The van der Waals surface area contributed by atoms with E-state index in [-0.39, 0.29) is 5.41 Å². The molecule has 4 nitrogen and oxygen atoms in total. The van der Waals surface area contributed by atoms with Crippen LogP contribution in [0.1, 0.15) is 25.0 Å². The molecule has 4 heteroatoms. The summed E-state index contributed by atoms with van der Waals surface area (Å²) in [5, 5.41) is 4.72. The second kappa shape index (κ2) is 10.8. The maximum absolute atomic E-state index is 6.38. The van der Waals surface area contributed by atoms with Crippen LogP contribution < -0.4 is 0 Å². The molecule has 0 unspecified atom stereocenters. The van der Waals surface area contributed by atoms with Crippen molar-refractivity contribution >= 4 is 32.7 Å². The third-order valence-electron chi connectivity index (χ3n) is 10.3. The minimum Gasteiger partial charge on any atom is -0.456 e. The van der Waals surface area contributed by atoms with Gasteiger partial charge in [-0.15, -0.1) is 0 Å². The minimum atomic E-state index is -0.218. The van der Waals surface area contributed by atoms with Crippen molar-refractivity contribution in [1.82, 2.24) is 15.0 Å². The first-order chi connectivity index (χ1) is 24.5. The molecular weight excluding hydrogens is 611 g/mol. The van der Waals surface area contributed by atoms with E-state index in [1.54, 1.807) is 0 Å². The lowest BCUT2D eigenvalue weighted by Gasteiger charge is -2.21. The van der Waals surface area contributed by atoms with Gasteiger partial charge in [-0.3, -0.25) is 0 Å². The molecule has 0 aliphatic heterocycles. The first kappa shape index (κ1) is 28.6. The maximum atomic E-state index is 6.38. The zero-order chi connectivity index (χ0) is 33.4. The van der Waals surface area contributed by atoms with Gasteiger partial charge in [-0.1, -0.05) is 147 Å². The number of benzene rings is 7. The Morgan fingerprint density at radius 2 is 1.08 bits per heavy atom. The summed E-state index contributed by atoms with van der Waals surface area (Å²) in [6.07, 6.45) is 0. The van der Waals surface area contributed by atoms with Crippen molar-refractivity contribution in [2.45, 2.75) is 19.3 Å². The van der Waals surface area contributed by atoms with Crippen LogP contribution in [0.2, 0.25) is 0 Å². The van der Waals surface area contributed by atoms with Gasteiger partial charge in [0, 0.05) is 32.9 Å². The van der Waals surface area contributed by atoms with E-state index in [2.05, 4.69) is 135 Å². The highest BCUT2D eigenvalue weighted by Gasteiger charge is 2.39. The third-order valence-corrected chi connectivity index (χ3v) is 10.3. The molecule has 1 aliphatic carbocycles. The standard InChI is InChI=1S/C46H31N3O/c1-46(2)36-17-10-16-35(40(36)42-37(46)25-26-39-41(42)34-15-8-9-18-38(34)50-39)45-48-43(30-12-4-3-5-13-30)47-44(49-45)31-22-19-29(20-23-31)33-24-21-28-11-6-7-14-32(28)27-33/h3-27H,1-2H3. The highest BCUT2D eigenvalue weighted by atomic mass is 16.3. The lowest BCUT2D eigenvalue weighted by Crippen LogP contribution is -2.14. The summed E-state index contributed by atoms with van der Waals surface area (Å²) in [7, 11) is 0. The van der Waals surface area contributed by atoms with Crippen molar-refractivity contribution in [3.05, 3.63) is 163 Å². The Hall–Kier alpha value is -6.39. The quantitative estimate of drug-likeness (QED) is 0.192. The van der Waals surface area contributed by atoms with Gasteiger partial charge in [0.25, 0.3) is 0 Å². The molecule has 9 aromatic rings. The van der Waals surface area contributed by atoms with E-state index in [1.807, 2.05) is 30.3 Å². The summed E-state index contributed by atoms with van der Waals surface area (Å²) in [6.45, 7) is 4.61. The Kier molecular flexibility index (Phi) is 6.19. The first-order valence-electron chi connectivity index (χ1n) is 17.0. The number of para-hydroxylation sites is 1. The molecule has 0 amide bonds. The number of aromatic nitrogens is 3. The number of hydrogen-bond acceptors (Lipinski definition) is 4. The van der Waals surface area contributed by atoms with Gasteiger partial charge >= 0.3 is 0 Å². The van der Waals surface area contributed by atoms with Crippen LogP contribution in [0.3, 0.4) is 0 Å². The van der Waals surface area contributed by atoms with E-state index in [4.69, 9.17) is 19.4 Å². The van der Waals surface area contributed by atoms with Gasteiger partial charge in [0.1, 0.15) is 11.2 Å². The normalized spacial score (nSPS) is 13.2. The molecule has 0 radical (unpaired) electrons. The molecule has 1 aliphatic rings. The van der Waals surface area contributed by atoms with Crippen molar-refractivity contribution in [2.75, 3.05) is 0 Å². The van der Waals surface area contributed by atoms with Gasteiger partial charge < -0.3 is 4.42 Å². The molecule has 2 heterocycles. The van der Waals surface area contributed by atoms with Gasteiger partial charge in [-0.2, -0.15) is 0 Å². The average molecular weight is 642 g/mol. The van der Waals surface area contributed by atoms with Crippen LogP contribution in [0.5, 0.6) is 0 Å². The topological polar surface area (TPSA) is 51.8 Å². The Bertz CT molecular complexity index is 2780. The zero-order valence-corrected chi connectivity index (χ0v) is 27.7. The molecule has 0 atom stereocenters. The molecule has 50 heavy (non-hydrogen) atoms. The van der Waals surface area contributed by atoms with E-state index in [0.29, 0.717) is 17.5 Å². The van der Waals surface area contributed by atoms with Crippen molar-refractivity contribution in [3.63, 3.8) is 0 Å². The highest BCUT2D eigenvalue weighted by molar-refractivity contribution is 6.16. The predicted octanol–water partition coefficient (Wildman–Crippen LogP) is 11.9. The molecule has 7 aromatic carbocycles. The molecule has 0 spiro atoms. The summed E-state index contributed by atoms with van der Waals surface area (Å²) in [5.74, 6) is 1.94. The first-order valence-corrected chi connectivity index (χ1v) is 17.0. The largest absolute Gasteiger partial charge is 0.456 e. The van der Waals surface area contributed by atoms with Crippen LogP contribution in [0, 0.1) is 0 Å². The molecule has 0 saturated carbocycles. The second-order valence-corrected chi connectivity index (χ2v) is 13.6. The zero-order valence-electron chi connectivity index (χ0n) is 27.7. The average Bonchev–Trinajstić information content (AvgIpc) is 3.67. The number of rotatable bonds is 4. The van der Waals surface area contributed by atoms with Gasteiger partial charge in [0.15, 0.2) is 17.5 Å². The van der Waals surface area contributed by atoms with E-state index in [9.17, 15) is 0 Å². The second-order valence-electron chi connectivity index (χ2n) is 13.6. The van der Waals surface area contributed by atoms with Crippen LogP contribution >= 0.6 is 0 Å². The van der Waals surface area contributed by atoms with Crippen LogP contribution in [-0.2, 0) is 5.41 Å². The van der Waals surface area contributed by atoms with Gasteiger partial charge in [-0.05, 0) is 62.4 Å². The summed E-state index contributed by atoms with van der Waals surface area (Å²) in [4.78, 5) is 15.5. The fourth-order valence-electron chi connectivity index (χ4n) is 7.79. The minimum absolute atomic E-state index is 0.218. The lowest BCUT2D eigenvalue weighted by molar-refractivity contribution is 0.656. The summed E-state index contributed by atoms with van der Waals surface area (Å²) >= 11 is 0.